The van der Waals surface area contributed by atoms with Gasteiger partial charge < -0.3 is 5.32 Å². The largest absolute Gasteiger partial charge is 0.325 e. The van der Waals surface area contributed by atoms with Gasteiger partial charge in [0.15, 0.2) is 0 Å². The van der Waals surface area contributed by atoms with Crippen LogP contribution in [0.4, 0.5) is 5.69 Å². The molecule has 0 unspecified atom stereocenters. The Morgan fingerprint density at radius 1 is 1.16 bits per heavy atom. The molecule has 5 nitrogen and oxygen atoms in total. The van der Waals surface area contributed by atoms with E-state index in [1.807, 2.05) is 12.1 Å². The van der Waals surface area contributed by atoms with Crippen LogP contribution in [0.15, 0.2) is 52.3 Å². The standard InChI is InChI=1S/C18H22N2O3S2/c1-12(2)14-5-8-16(9-6-14)24-11-18(21)20-15-7-4-13(3)17(10-15)25(19,22)23/h4-10,12H,11H2,1-3H3,(H,20,21)(H2,19,22,23). The molecule has 0 radical (unpaired) electrons. The Morgan fingerprint density at radius 3 is 2.36 bits per heavy atom. The van der Waals surface area contributed by atoms with Crippen LogP contribution >= 0.6 is 11.8 Å². The number of amides is 1. The minimum absolute atomic E-state index is 0.0160. The molecule has 3 N–H and O–H groups in total. The van der Waals surface area contributed by atoms with Gasteiger partial charge in [-0.25, -0.2) is 13.6 Å². The van der Waals surface area contributed by atoms with Crippen LogP contribution in [0.2, 0.25) is 0 Å². The van der Waals surface area contributed by atoms with Crippen LogP contribution in [0.1, 0.15) is 30.9 Å². The number of nitrogens with two attached hydrogens (primary N) is 1. The lowest BCUT2D eigenvalue weighted by atomic mass is 10.0. The highest BCUT2D eigenvalue weighted by Gasteiger charge is 2.13. The summed E-state index contributed by atoms with van der Waals surface area (Å²) in [6, 6.07) is 12.8. The Labute approximate surface area is 153 Å². The normalized spacial score (nSPS) is 11.6. The molecule has 0 aromatic heterocycles. The third-order valence-corrected chi connectivity index (χ3v) is 5.76. The van der Waals surface area contributed by atoms with Gasteiger partial charge in [0.1, 0.15) is 0 Å². The lowest BCUT2D eigenvalue weighted by molar-refractivity contribution is -0.113. The maximum absolute atomic E-state index is 12.1. The summed E-state index contributed by atoms with van der Waals surface area (Å²) in [7, 11) is -3.81. The second-order valence-electron chi connectivity index (χ2n) is 6.09. The highest BCUT2D eigenvalue weighted by molar-refractivity contribution is 8.00. The van der Waals surface area contributed by atoms with Gasteiger partial charge in [0, 0.05) is 10.6 Å². The van der Waals surface area contributed by atoms with Crippen LogP contribution in [0.5, 0.6) is 0 Å². The fourth-order valence-electron chi connectivity index (χ4n) is 2.28. The second-order valence-corrected chi connectivity index (χ2v) is 8.66. The van der Waals surface area contributed by atoms with E-state index in [9.17, 15) is 13.2 Å². The zero-order valence-corrected chi connectivity index (χ0v) is 16.1. The van der Waals surface area contributed by atoms with E-state index in [0.29, 0.717) is 17.2 Å². The van der Waals surface area contributed by atoms with E-state index in [4.69, 9.17) is 5.14 Å². The number of carbonyl (C=O) groups is 1. The van der Waals surface area contributed by atoms with Crippen LogP contribution in [0.3, 0.4) is 0 Å². The van der Waals surface area contributed by atoms with Gasteiger partial charge in [-0.05, 0) is 48.2 Å². The molecule has 0 bridgehead atoms. The molecule has 0 spiro atoms. The van der Waals surface area contributed by atoms with Crippen molar-refractivity contribution in [1.29, 1.82) is 0 Å². The average Bonchev–Trinajstić information content (AvgIpc) is 2.54. The van der Waals surface area contributed by atoms with E-state index < -0.39 is 10.0 Å². The van der Waals surface area contributed by atoms with Crippen molar-refractivity contribution in [2.24, 2.45) is 5.14 Å². The van der Waals surface area contributed by atoms with E-state index in [0.717, 1.165) is 4.90 Å². The Kier molecular flexibility index (Phi) is 6.26. The van der Waals surface area contributed by atoms with Gasteiger partial charge in [-0.2, -0.15) is 0 Å². The van der Waals surface area contributed by atoms with Crippen molar-refractivity contribution in [3.8, 4) is 0 Å². The lowest BCUT2D eigenvalue weighted by Gasteiger charge is -2.09. The number of primary sulfonamides is 1. The van der Waals surface area contributed by atoms with E-state index in [2.05, 4.69) is 31.3 Å². The molecule has 0 saturated heterocycles. The van der Waals surface area contributed by atoms with Gasteiger partial charge in [0.05, 0.1) is 10.6 Å². The number of hydrogen-bond donors (Lipinski definition) is 2. The highest BCUT2D eigenvalue weighted by Crippen LogP contribution is 2.23. The molecule has 0 aliphatic heterocycles. The minimum Gasteiger partial charge on any atom is -0.325 e. The summed E-state index contributed by atoms with van der Waals surface area (Å²) >= 11 is 1.43. The van der Waals surface area contributed by atoms with Gasteiger partial charge in [0.25, 0.3) is 0 Å². The lowest BCUT2D eigenvalue weighted by Crippen LogP contribution is -2.17. The predicted molar refractivity (Wildman–Crippen MR) is 102 cm³/mol. The van der Waals surface area contributed by atoms with E-state index in [1.165, 1.54) is 23.4 Å². The maximum atomic E-state index is 12.1. The smallest absolute Gasteiger partial charge is 0.238 e. The Bertz CT molecular complexity index is 860. The van der Waals surface area contributed by atoms with Crippen LogP contribution in [-0.2, 0) is 14.8 Å². The first-order valence-electron chi connectivity index (χ1n) is 7.83. The summed E-state index contributed by atoms with van der Waals surface area (Å²) in [5.74, 6) is 0.499. The SMILES string of the molecule is Cc1ccc(NC(=O)CSc2ccc(C(C)C)cc2)cc1S(N)(=O)=O. The topological polar surface area (TPSA) is 89.3 Å². The van der Waals surface area contributed by atoms with Gasteiger partial charge in [-0.3, -0.25) is 4.79 Å². The third kappa shape index (κ3) is 5.59. The molecule has 7 heteroatoms. The highest BCUT2D eigenvalue weighted by atomic mass is 32.2. The zero-order valence-electron chi connectivity index (χ0n) is 14.4. The van der Waals surface area contributed by atoms with E-state index in [-0.39, 0.29) is 16.6 Å². The van der Waals surface area contributed by atoms with Crippen molar-refractivity contribution in [2.45, 2.75) is 36.5 Å². The number of thioether (sulfide) groups is 1. The van der Waals surface area contributed by atoms with Crippen molar-refractivity contribution in [1.82, 2.24) is 0 Å². The van der Waals surface area contributed by atoms with Crippen LogP contribution in [-0.4, -0.2) is 20.1 Å². The zero-order chi connectivity index (χ0) is 18.6. The molecule has 0 saturated carbocycles. The number of rotatable bonds is 6. The average molecular weight is 379 g/mol. The summed E-state index contributed by atoms with van der Waals surface area (Å²) in [6.45, 7) is 5.92. The fraction of sp³-hybridized carbons (Fsp3) is 0.278. The van der Waals surface area contributed by atoms with Crippen LogP contribution < -0.4 is 10.5 Å². The fourth-order valence-corrected chi connectivity index (χ4v) is 3.79. The molecule has 2 aromatic carbocycles. The molecular formula is C18H22N2O3S2. The minimum atomic E-state index is -3.81. The molecule has 1 amide bonds. The van der Waals surface area contributed by atoms with Crippen molar-refractivity contribution < 1.29 is 13.2 Å². The summed E-state index contributed by atoms with van der Waals surface area (Å²) in [6.07, 6.45) is 0. The monoisotopic (exact) mass is 378 g/mol. The summed E-state index contributed by atoms with van der Waals surface area (Å²) in [5.41, 5.74) is 2.21. The number of anilines is 1. The van der Waals surface area contributed by atoms with E-state index >= 15 is 0 Å². The molecule has 134 valence electrons. The first kappa shape index (κ1) is 19.5. The molecule has 2 aromatic rings. The Balaban J connectivity index is 1.99. The number of aryl methyl sites for hydroxylation is 1. The quantitative estimate of drug-likeness (QED) is 0.753. The summed E-state index contributed by atoms with van der Waals surface area (Å²) in [4.78, 5) is 13.1. The van der Waals surface area contributed by atoms with E-state index in [1.54, 1.807) is 19.1 Å². The van der Waals surface area contributed by atoms with Gasteiger partial charge in [-0.15, -0.1) is 11.8 Å². The maximum Gasteiger partial charge on any atom is 0.238 e. The summed E-state index contributed by atoms with van der Waals surface area (Å²) < 4.78 is 23.1. The number of hydrogen-bond acceptors (Lipinski definition) is 4. The molecule has 2 rings (SSSR count). The first-order valence-corrected chi connectivity index (χ1v) is 10.4. The molecule has 0 heterocycles. The molecular weight excluding hydrogens is 356 g/mol. The number of benzene rings is 2. The number of carbonyl (C=O) groups excluding carboxylic acids is 1. The van der Waals surface area contributed by atoms with Gasteiger partial charge in [0.2, 0.25) is 15.9 Å². The predicted octanol–water partition coefficient (Wildman–Crippen LogP) is 3.50. The first-order chi connectivity index (χ1) is 11.7. The van der Waals surface area contributed by atoms with Crippen LogP contribution in [0, 0.1) is 6.92 Å². The third-order valence-electron chi connectivity index (χ3n) is 3.70. The van der Waals surface area contributed by atoms with Gasteiger partial charge in [-0.1, -0.05) is 32.0 Å². The van der Waals surface area contributed by atoms with Crippen LogP contribution in [0.25, 0.3) is 0 Å². The number of sulfonamides is 1. The Morgan fingerprint density at radius 2 is 1.80 bits per heavy atom. The van der Waals surface area contributed by atoms with Crippen molar-refractivity contribution in [3.05, 3.63) is 53.6 Å². The molecule has 0 atom stereocenters. The van der Waals surface area contributed by atoms with Crippen molar-refractivity contribution in [3.63, 3.8) is 0 Å². The Hall–Kier alpha value is -1.83. The molecule has 25 heavy (non-hydrogen) atoms. The second kappa shape index (κ2) is 8.03. The molecule has 0 aliphatic carbocycles. The van der Waals surface area contributed by atoms with Gasteiger partial charge >= 0.3 is 0 Å². The number of nitrogens with one attached hydrogen (secondary N) is 1. The summed E-state index contributed by atoms with van der Waals surface area (Å²) in [5, 5.41) is 7.88. The molecule has 0 fully saturated rings. The van der Waals surface area contributed by atoms with Crippen molar-refractivity contribution >= 4 is 33.4 Å². The molecule has 0 aliphatic rings. The van der Waals surface area contributed by atoms with Crippen molar-refractivity contribution in [2.75, 3.05) is 11.1 Å².